The summed E-state index contributed by atoms with van der Waals surface area (Å²) in [5, 5.41) is 9.47. The van der Waals surface area contributed by atoms with E-state index in [4.69, 9.17) is 18.0 Å². The molecule has 3 N–H and O–H groups in total. The number of hydrogen-bond acceptors (Lipinski definition) is 3. The number of phenolic OH excluding ortho intramolecular Hbond substituents is 1. The van der Waals surface area contributed by atoms with Crippen LogP contribution in [0.3, 0.4) is 0 Å². The van der Waals surface area contributed by atoms with Gasteiger partial charge in [-0.3, -0.25) is 4.90 Å². The summed E-state index contributed by atoms with van der Waals surface area (Å²) in [6.45, 7) is 7.06. The monoisotopic (exact) mass is 266 g/mol. The normalized spacial score (nSPS) is 11.1. The zero-order chi connectivity index (χ0) is 13.5. The zero-order valence-electron chi connectivity index (χ0n) is 11.1. The van der Waals surface area contributed by atoms with E-state index >= 15 is 0 Å². The highest BCUT2D eigenvalue weighted by molar-refractivity contribution is 7.80. The highest BCUT2D eigenvalue weighted by atomic mass is 32.1. The van der Waals surface area contributed by atoms with E-state index in [1.165, 1.54) is 0 Å². The van der Waals surface area contributed by atoms with Crippen LogP contribution in [-0.2, 0) is 6.54 Å². The SMILES string of the molecule is CC(C)CN(CCC(N)=S)Cc1cccc(O)c1. The third-order valence-electron chi connectivity index (χ3n) is 2.61. The molecule has 1 aromatic rings. The van der Waals surface area contributed by atoms with Crippen LogP contribution in [0.5, 0.6) is 5.75 Å². The van der Waals surface area contributed by atoms with E-state index < -0.39 is 0 Å². The van der Waals surface area contributed by atoms with Gasteiger partial charge in [0.15, 0.2) is 0 Å². The molecule has 100 valence electrons. The number of nitrogens with zero attached hydrogens (tertiary/aromatic N) is 1. The quantitative estimate of drug-likeness (QED) is 0.745. The van der Waals surface area contributed by atoms with Gasteiger partial charge >= 0.3 is 0 Å². The highest BCUT2D eigenvalue weighted by Gasteiger charge is 2.09. The summed E-state index contributed by atoms with van der Waals surface area (Å²) in [5.41, 5.74) is 6.66. The third kappa shape index (κ3) is 5.98. The van der Waals surface area contributed by atoms with Crippen LogP contribution >= 0.6 is 12.2 Å². The number of aromatic hydroxyl groups is 1. The van der Waals surface area contributed by atoms with Gasteiger partial charge in [0.1, 0.15) is 5.75 Å². The second-order valence-corrected chi connectivity index (χ2v) is 5.54. The fourth-order valence-corrected chi connectivity index (χ4v) is 2.02. The van der Waals surface area contributed by atoms with Crippen LogP contribution in [0.2, 0.25) is 0 Å². The van der Waals surface area contributed by atoms with Crippen LogP contribution in [0.25, 0.3) is 0 Å². The molecule has 18 heavy (non-hydrogen) atoms. The summed E-state index contributed by atoms with van der Waals surface area (Å²) in [5.74, 6) is 0.903. The Balaban J connectivity index is 2.62. The fourth-order valence-electron chi connectivity index (χ4n) is 1.93. The lowest BCUT2D eigenvalue weighted by atomic mass is 10.1. The minimum absolute atomic E-state index is 0.311. The number of phenols is 1. The number of rotatable bonds is 7. The van der Waals surface area contributed by atoms with Crippen molar-refractivity contribution in [1.29, 1.82) is 0 Å². The molecule has 0 saturated carbocycles. The van der Waals surface area contributed by atoms with Crippen molar-refractivity contribution >= 4 is 17.2 Å². The molecule has 0 spiro atoms. The Bertz CT molecular complexity index is 393. The number of hydrogen-bond donors (Lipinski definition) is 2. The maximum absolute atomic E-state index is 9.47. The van der Waals surface area contributed by atoms with Gasteiger partial charge < -0.3 is 10.8 Å². The smallest absolute Gasteiger partial charge is 0.115 e. The molecule has 0 atom stereocenters. The zero-order valence-corrected chi connectivity index (χ0v) is 11.9. The van der Waals surface area contributed by atoms with Crippen LogP contribution in [0.15, 0.2) is 24.3 Å². The molecule has 0 bridgehead atoms. The predicted octanol–water partition coefficient (Wildman–Crippen LogP) is 2.53. The van der Waals surface area contributed by atoms with Gasteiger partial charge in [0.05, 0.1) is 4.99 Å². The summed E-state index contributed by atoms with van der Waals surface area (Å²) in [6, 6.07) is 7.37. The Kier molecular flexibility index (Phi) is 6.09. The van der Waals surface area contributed by atoms with Crippen molar-refractivity contribution in [2.45, 2.75) is 26.8 Å². The Morgan fingerprint density at radius 3 is 2.72 bits per heavy atom. The molecule has 0 aromatic heterocycles. The van der Waals surface area contributed by atoms with Crippen molar-refractivity contribution in [1.82, 2.24) is 4.90 Å². The maximum atomic E-state index is 9.47. The second kappa shape index (κ2) is 7.34. The second-order valence-electron chi connectivity index (χ2n) is 5.02. The molecule has 1 rings (SSSR count). The third-order valence-corrected chi connectivity index (χ3v) is 2.82. The van der Waals surface area contributed by atoms with Gasteiger partial charge in [-0.1, -0.05) is 38.2 Å². The van der Waals surface area contributed by atoms with E-state index in [1.807, 2.05) is 12.1 Å². The minimum atomic E-state index is 0.311. The van der Waals surface area contributed by atoms with Crippen molar-refractivity contribution in [2.75, 3.05) is 13.1 Å². The molecule has 4 heteroatoms. The largest absolute Gasteiger partial charge is 0.508 e. The van der Waals surface area contributed by atoms with Crippen LogP contribution in [0.1, 0.15) is 25.8 Å². The van der Waals surface area contributed by atoms with Gasteiger partial charge in [0, 0.05) is 26.1 Å². The Morgan fingerprint density at radius 2 is 2.17 bits per heavy atom. The van der Waals surface area contributed by atoms with E-state index in [1.54, 1.807) is 12.1 Å². The Morgan fingerprint density at radius 1 is 1.44 bits per heavy atom. The van der Waals surface area contributed by atoms with Crippen molar-refractivity contribution in [3.63, 3.8) is 0 Å². The molecular formula is C14H22N2OS. The minimum Gasteiger partial charge on any atom is -0.508 e. The molecule has 0 saturated heterocycles. The first kappa shape index (κ1) is 14.9. The lowest BCUT2D eigenvalue weighted by Gasteiger charge is -2.24. The average Bonchev–Trinajstić information content (AvgIpc) is 2.25. The van der Waals surface area contributed by atoms with Crippen molar-refractivity contribution in [3.8, 4) is 5.75 Å². The molecule has 0 heterocycles. The molecule has 3 nitrogen and oxygen atoms in total. The molecule has 0 unspecified atom stereocenters. The van der Waals surface area contributed by atoms with Gasteiger partial charge in [-0.25, -0.2) is 0 Å². The summed E-state index contributed by atoms with van der Waals surface area (Å²) in [7, 11) is 0. The van der Waals surface area contributed by atoms with Crippen molar-refractivity contribution in [3.05, 3.63) is 29.8 Å². The summed E-state index contributed by atoms with van der Waals surface area (Å²) in [4.78, 5) is 2.87. The van der Waals surface area contributed by atoms with E-state index in [0.717, 1.165) is 31.6 Å². The number of benzene rings is 1. The van der Waals surface area contributed by atoms with Crippen LogP contribution in [-0.4, -0.2) is 28.1 Å². The van der Waals surface area contributed by atoms with Gasteiger partial charge in [0.25, 0.3) is 0 Å². The van der Waals surface area contributed by atoms with Gasteiger partial charge in [0.2, 0.25) is 0 Å². The Labute approximate surface area is 115 Å². The number of nitrogens with two attached hydrogens (primary N) is 1. The first-order chi connectivity index (χ1) is 8.47. The topological polar surface area (TPSA) is 49.5 Å². The molecule has 0 amide bonds. The number of thiocarbonyl (C=S) groups is 1. The highest BCUT2D eigenvalue weighted by Crippen LogP contribution is 2.14. The molecule has 0 radical (unpaired) electrons. The molecule has 0 fully saturated rings. The van der Waals surface area contributed by atoms with Crippen LogP contribution in [0.4, 0.5) is 0 Å². The maximum Gasteiger partial charge on any atom is 0.115 e. The van der Waals surface area contributed by atoms with Crippen molar-refractivity contribution in [2.24, 2.45) is 11.7 Å². The van der Waals surface area contributed by atoms with Gasteiger partial charge in [-0.15, -0.1) is 0 Å². The van der Waals surface area contributed by atoms with E-state index in [0.29, 0.717) is 16.7 Å². The molecule has 1 aromatic carbocycles. The fraction of sp³-hybridized carbons (Fsp3) is 0.500. The van der Waals surface area contributed by atoms with E-state index in [9.17, 15) is 5.11 Å². The lowest BCUT2D eigenvalue weighted by Crippen LogP contribution is -2.30. The summed E-state index contributed by atoms with van der Waals surface area (Å²) in [6.07, 6.45) is 0.737. The summed E-state index contributed by atoms with van der Waals surface area (Å²) >= 11 is 4.92. The first-order valence-corrected chi connectivity index (χ1v) is 6.66. The average molecular weight is 266 g/mol. The molecule has 0 aliphatic rings. The van der Waals surface area contributed by atoms with Gasteiger partial charge in [-0.2, -0.15) is 0 Å². The standard InChI is InChI=1S/C14H22N2OS/c1-11(2)9-16(7-6-14(15)18)10-12-4-3-5-13(17)8-12/h3-5,8,11,17H,6-7,9-10H2,1-2H3,(H2,15,18). The lowest BCUT2D eigenvalue weighted by molar-refractivity contribution is 0.242. The Hall–Kier alpha value is -1.13. The van der Waals surface area contributed by atoms with Crippen molar-refractivity contribution < 1.29 is 5.11 Å². The van der Waals surface area contributed by atoms with Crippen LogP contribution < -0.4 is 5.73 Å². The predicted molar refractivity (Wildman–Crippen MR) is 79.6 cm³/mol. The summed E-state index contributed by atoms with van der Waals surface area (Å²) < 4.78 is 0. The van der Waals surface area contributed by atoms with E-state index in [2.05, 4.69) is 18.7 Å². The molecule has 0 aliphatic carbocycles. The molecule has 0 aliphatic heterocycles. The van der Waals surface area contributed by atoms with Crippen LogP contribution in [0, 0.1) is 5.92 Å². The van der Waals surface area contributed by atoms with Gasteiger partial charge in [-0.05, 0) is 23.6 Å². The van der Waals surface area contributed by atoms with E-state index in [-0.39, 0.29) is 0 Å². The first-order valence-electron chi connectivity index (χ1n) is 6.26. The molecular weight excluding hydrogens is 244 g/mol.